The Balaban J connectivity index is 2.47. The normalized spacial score (nSPS) is 9.08. The molecule has 12 heavy (non-hydrogen) atoms. The van der Waals surface area contributed by atoms with Crippen LogP contribution in [0.2, 0.25) is 0 Å². The average Bonchev–Trinajstić information content (AvgIpc) is 2.06. The van der Waals surface area contributed by atoms with E-state index in [1.165, 1.54) is 0 Å². The molecule has 0 atom stereocenters. The second kappa shape index (κ2) is 4.61. The molecule has 64 valence electrons. The van der Waals surface area contributed by atoms with Crippen LogP contribution in [-0.4, -0.2) is 21.6 Å². The summed E-state index contributed by atoms with van der Waals surface area (Å²) in [7, 11) is 0. The third-order valence-electron chi connectivity index (χ3n) is 1.13. The van der Waals surface area contributed by atoms with Gasteiger partial charge in [0.1, 0.15) is 0 Å². The first kappa shape index (κ1) is 8.86. The van der Waals surface area contributed by atoms with Gasteiger partial charge in [0, 0.05) is 18.9 Å². The van der Waals surface area contributed by atoms with Crippen LogP contribution in [0.4, 0.5) is 5.95 Å². The minimum absolute atomic E-state index is 0.517. The highest BCUT2D eigenvalue weighted by Gasteiger charge is 1.95. The van der Waals surface area contributed by atoms with Gasteiger partial charge in [0.05, 0.1) is 0 Å². The van der Waals surface area contributed by atoms with Gasteiger partial charge in [0.25, 0.3) is 0 Å². The van der Waals surface area contributed by atoms with Crippen LogP contribution in [0, 0.1) is 0 Å². The zero-order chi connectivity index (χ0) is 8.81. The summed E-state index contributed by atoms with van der Waals surface area (Å²) in [6.07, 6.45) is 3.31. The summed E-state index contributed by atoms with van der Waals surface area (Å²) in [5, 5.41) is 6.32. The molecule has 1 aromatic heterocycles. The predicted molar refractivity (Wildman–Crippen MR) is 51.9 cm³/mol. The quantitative estimate of drug-likeness (QED) is 0.662. The molecule has 1 rings (SSSR count). The van der Waals surface area contributed by atoms with Gasteiger partial charge in [-0.2, -0.15) is 0 Å². The van der Waals surface area contributed by atoms with Gasteiger partial charge in [0.2, 0.25) is 5.95 Å². The monoisotopic (exact) mass is 182 g/mol. The number of aromatic nitrogens is 2. The molecule has 0 saturated heterocycles. The molecule has 1 aromatic rings. The lowest BCUT2D eigenvalue weighted by Gasteiger charge is -2.05. The van der Waals surface area contributed by atoms with Gasteiger partial charge in [-0.25, -0.2) is 9.97 Å². The summed E-state index contributed by atoms with van der Waals surface area (Å²) in [6.45, 7) is 2.76. The second-order valence-corrected chi connectivity index (χ2v) is 2.47. The highest BCUT2D eigenvalue weighted by Crippen LogP contribution is 1.92. The van der Waals surface area contributed by atoms with E-state index in [2.05, 4.69) is 20.6 Å². The lowest BCUT2D eigenvalue weighted by molar-refractivity contribution is 0.975. The van der Waals surface area contributed by atoms with E-state index in [1.807, 2.05) is 6.92 Å². The van der Waals surface area contributed by atoms with Crippen LogP contribution >= 0.6 is 12.2 Å². The number of nitrogens with zero attached hydrogens (tertiary/aromatic N) is 2. The van der Waals surface area contributed by atoms with E-state index >= 15 is 0 Å². The molecule has 0 saturated carbocycles. The molecule has 0 aliphatic carbocycles. The van der Waals surface area contributed by atoms with Gasteiger partial charge in [-0.3, -0.25) is 0 Å². The number of hydrogen-bond donors (Lipinski definition) is 2. The van der Waals surface area contributed by atoms with E-state index in [9.17, 15) is 0 Å². The maximum Gasteiger partial charge on any atom is 0.228 e. The highest BCUT2D eigenvalue weighted by atomic mass is 32.1. The average molecular weight is 182 g/mol. The standard InChI is InChI=1S/C7H10N4S/c1-2-8-7(12)11-6-9-4-3-5-10-6/h3-5H,2H2,1H3,(H2,8,9,10,11,12). The van der Waals surface area contributed by atoms with Gasteiger partial charge in [-0.1, -0.05) is 0 Å². The van der Waals surface area contributed by atoms with Crippen molar-refractivity contribution in [2.24, 2.45) is 0 Å². The van der Waals surface area contributed by atoms with Crippen molar-refractivity contribution < 1.29 is 0 Å². The molecular weight excluding hydrogens is 172 g/mol. The fourth-order valence-electron chi connectivity index (χ4n) is 0.670. The Bertz CT molecular complexity index is 249. The van der Waals surface area contributed by atoms with Crippen molar-refractivity contribution in [2.45, 2.75) is 6.92 Å². The predicted octanol–water partition coefficient (Wildman–Crippen LogP) is 0.783. The minimum Gasteiger partial charge on any atom is -0.363 e. The van der Waals surface area contributed by atoms with E-state index in [0.29, 0.717) is 11.1 Å². The SMILES string of the molecule is CCNC(=S)Nc1ncccn1. The van der Waals surface area contributed by atoms with E-state index in [4.69, 9.17) is 12.2 Å². The molecule has 0 fully saturated rings. The molecule has 0 spiro atoms. The summed E-state index contributed by atoms with van der Waals surface area (Å²) in [5.74, 6) is 0.517. The van der Waals surface area contributed by atoms with Crippen LogP contribution in [0.15, 0.2) is 18.5 Å². The number of thiocarbonyl (C=S) groups is 1. The summed E-state index contributed by atoms with van der Waals surface area (Å²) in [6, 6.07) is 1.75. The molecule has 4 nitrogen and oxygen atoms in total. The van der Waals surface area contributed by atoms with Crippen LogP contribution in [0.3, 0.4) is 0 Å². The van der Waals surface area contributed by atoms with E-state index < -0.39 is 0 Å². The first-order valence-electron chi connectivity index (χ1n) is 3.65. The molecule has 5 heteroatoms. The van der Waals surface area contributed by atoms with Crippen LogP contribution in [0.1, 0.15) is 6.92 Å². The van der Waals surface area contributed by atoms with Gasteiger partial charge in [-0.15, -0.1) is 0 Å². The Kier molecular flexibility index (Phi) is 3.40. The fourth-order valence-corrected chi connectivity index (χ4v) is 0.906. The van der Waals surface area contributed by atoms with Crippen LogP contribution < -0.4 is 10.6 Å². The lowest BCUT2D eigenvalue weighted by atomic mass is 10.7. The van der Waals surface area contributed by atoms with Crippen molar-refractivity contribution in [3.63, 3.8) is 0 Å². The smallest absolute Gasteiger partial charge is 0.228 e. The first-order valence-corrected chi connectivity index (χ1v) is 4.05. The van der Waals surface area contributed by atoms with Gasteiger partial charge in [0.15, 0.2) is 5.11 Å². The number of anilines is 1. The molecule has 2 N–H and O–H groups in total. The molecule has 0 unspecified atom stereocenters. The van der Waals surface area contributed by atoms with Crippen molar-refractivity contribution in [2.75, 3.05) is 11.9 Å². The van der Waals surface area contributed by atoms with Crippen molar-refractivity contribution in [3.8, 4) is 0 Å². The summed E-state index contributed by atoms with van der Waals surface area (Å²) in [4.78, 5) is 7.90. The minimum atomic E-state index is 0.517. The zero-order valence-electron chi connectivity index (χ0n) is 6.74. The topological polar surface area (TPSA) is 49.8 Å². The molecular formula is C7H10N4S. The lowest BCUT2D eigenvalue weighted by Crippen LogP contribution is -2.28. The van der Waals surface area contributed by atoms with Crippen molar-refractivity contribution >= 4 is 23.3 Å². The van der Waals surface area contributed by atoms with Gasteiger partial charge in [-0.05, 0) is 25.2 Å². The third-order valence-corrected chi connectivity index (χ3v) is 1.37. The van der Waals surface area contributed by atoms with Gasteiger partial charge >= 0.3 is 0 Å². The Morgan fingerprint density at radius 1 is 1.50 bits per heavy atom. The van der Waals surface area contributed by atoms with E-state index in [-0.39, 0.29) is 0 Å². The molecule has 1 heterocycles. The fraction of sp³-hybridized carbons (Fsp3) is 0.286. The van der Waals surface area contributed by atoms with Crippen molar-refractivity contribution in [1.29, 1.82) is 0 Å². The number of hydrogen-bond acceptors (Lipinski definition) is 3. The van der Waals surface area contributed by atoms with Gasteiger partial charge < -0.3 is 10.6 Å². The largest absolute Gasteiger partial charge is 0.363 e. The number of rotatable bonds is 2. The zero-order valence-corrected chi connectivity index (χ0v) is 7.56. The van der Waals surface area contributed by atoms with E-state index in [0.717, 1.165) is 6.54 Å². The number of nitrogens with one attached hydrogen (secondary N) is 2. The van der Waals surface area contributed by atoms with E-state index in [1.54, 1.807) is 18.5 Å². The maximum atomic E-state index is 4.93. The van der Waals surface area contributed by atoms with Crippen molar-refractivity contribution in [1.82, 2.24) is 15.3 Å². The maximum absolute atomic E-state index is 4.93. The Morgan fingerprint density at radius 3 is 2.75 bits per heavy atom. The molecule has 0 amide bonds. The molecule has 0 bridgehead atoms. The van der Waals surface area contributed by atoms with Crippen LogP contribution in [0.25, 0.3) is 0 Å². The summed E-state index contributed by atoms with van der Waals surface area (Å²) >= 11 is 4.93. The molecule has 0 radical (unpaired) electrons. The Morgan fingerprint density at radius 2 is 2.17 bits per heavy atom. The summed E-state index contributed by atoms with van der Waals surface area (Å²) in [5.41, 5.74) is 0. The Hall–Kier alpha value is -1.23. The summed E-state index contributed by atoms with van der Waals surface area (Å²) < 4.78 is 0. The molecule has 0 aliphatic rings. The first-order chi connectivity index (χ1) is 5.83. The molecule has 0 aliphatic heterocycles. The van der Waals surface area contributed by atoms with Crippen LogP contribution in [0.5, 0.6) is 0 Å². The molecule has 0 aromatic carbocycles. The Labute approximate surface area is 76.4 Å². The van der Waals surface area contributed by atoms with Crippen molar-refractivity contribution in [3.05, 3.63) is 18.5 Å². The highest BCUT2D eigenvalue weighted by molar-refractivity contribution is 7.80. The third kappa shape index (κ3) is 2.79. The second-order valence-electron chi connectivity index (χ2n) is 2.06. The van der Waals surface area contributed by atoms with Crippen LogP contribution in [-0.2, 0) is 0 Å².